The van der Waals surface area contributed by atoms with Crippen molar-refractivity contribution in [3.05, 3.63) is 0 Å². The molecule has 0 aromatic heterocycles. The number of nitrogens with two attached hydrogens (primary N) is 1. The van der Waals surface area contributed by atoms with Crippen LogP contribution < -0.4 is 5.73 Å². The van der Waals surface area contributed by atoms with Crippen LogP contribution in [0.5, 0.6) is 0 Å². The number of hydrogen-bond donors (Lipinski definition) is 1. The second-order valence-corrected chi connectivity index (χ2v) is 7.52. The first-order valence-corrected chi connectivity index (χ1v) is 8.53. The minimum atomic E-state index is -3.08. The number of rotatable bonds is 8. The van der Waals surface area contributed by atoms with Crippen molar-refractivity contribution in [2.75, 3.05) is 39.2 Å². The first-order valence-electron chi connectivity index (χ1n) is 6.47. The number of likely N-dealkylation sites (N-methyl/N-ethyl adjacent to an activating group) is 2. The average molecular weight is 293 g/mol. The molecular weight excluding hydrogens is 266 g/mol. The van der Waals surface area contributed by atoms with E-state index >= 15 is 0 Å². The van der Waals surface area contributed by atoms with Crippen LogP contribution in [0.2, 0.25) is 0 Å². The summed E-state index contributed by atoms with van der Waals surface area (Å²) in [6.07, 6.45) is 1.32. The summed E-state index contributed by atoms with van der Waals surface area (Å²) in [5, 5.41) is 0. The van der Waals surface area contributed by atoms with Gasteiger partial charge in [0.05, 0.1) is 11.8 Å². The summed E-state index contributed by atoms with van der Waals surface area (Å²) in [6, 6.07) is -0.698. The second-order valence-electron chi connectivity index (χ2n) is 5.26. The zero-order valence-electron chi connectivity index (χ0n) is 12.6. The molecule has 2 atom stereocenters. The molecule has 0 bridgehead atoms. The molecule has 0 aromatic rings. The maximum Gasteiger partial charge on any atom is 0.239 e. The Kier molecular flexibility index (Phi) is 7.54. The Morgan fingerprint density at radius 3 is 2.21 bits per heavy atom. The lowest BCUT2D eigenvalue weighted by atomic mass is 10.1. The third-order valence-electron chi connectivity index (χ3n) is 2.90. The van der Waals surface area contributed by atoms with E-state index in [1.54, 1.807) is 4.90 Å². The van der Waals surface area contributed by atoms with E-state index in [1.807, 2.05) is 32.8 Å². The highest BCUT2D eigenvalue weighted by molar-refractivity contribution is 7.90. The van der Waals surface area contributed by atoms with Gasteiger partial charge in [0, 0.05) is 25.4 Å². The van der Waals surface area contributed by atoms with E-state index in [-0.39, 0.29) is 24.1 Å². The summed E-state index contributed by atoms with van der Waals surface area (Å²) in [5.41, 5.74) is 5.80. The van der Waals surface area contributed by atoms with Crippen LogP contribution in [0.4, 0.5) is 0 Å². The standard InChI is InChI=1S/C12H27N3O3S/c1-6-15(10(2)9-14(3)4)12(16)11(13)7-8-19(5,17)18/h10-11H,6-9,13H2,1-5H3. The summed E-state index contributed by atoms with van der Waals surface area (Å²) >= 11 is 0. The van der Waals surface area contributed by atoms with Crippen molar-refractivity contribution in [2.45, 2.75) is 32.4 Å². The molecule has 0 spiro atoms. The molecule has 0 aliphatic rings. The number of hydrogen-bond acceptors (Lipinski definition) is 5. The van der Waals surface area contributed by atoms with Gasteiger partial charge in [-0.15, -0.1) is 0 Å². The van der Waals surface area contributed by atoms with Crippen LogP contribution in [-0.2, 0) is 14.6 Å². The second kappa shape index (κ2) is 7.81. The van der Waals surface area contributed by atoms with Gasteiger partial charge < -0.3 is 15.5 Å². The Labute approximate surface area is 116 Å². The molecule has 2 N–H and O–H groups in total. The Balaban J connectivity index is 4.57. The van der Waals surface area contributed by atoms with Gasteiger partial charge in [-0.3, -0.25) is 4.79 Å². The van der Waals surface area contributed by atoms with Crippen LogP contribution in [0.15, 0.2) is 0 Å². The smallest absolute Gasteiger partial charge is 0.239 e. The molecule has 0 radical (unpaired) electrons. The molecule has 7 heteroatoms. The van der Waals surface area contributed by atoms with E-state index in [1.165, 1.54) is 0 Å². The van der Waals surface area contributed by atoms with Crippen molar-refractivity contribution in [1.29, 1.82) is 0 Å². The molecule has 0 aliphatic carbocycles. The molecule has 0 saturated heterocycles. The van der Waals surface area contributed by atoms with Crippen LogP contribution in [0, 0.1) is 0 Å². The van der Waals surface area contributed by atoms with Gasteiger partial charge in [-0.2, -0.15) is 0 Å². The maximum atomic E-state index is 12.2. The number of amides is 1. The minimum Gasteiger partial charge on any atom is -0.338 e. The van der Waals surface area contributed by atoms with Gasteiger partial charge in [0.25, 0.3) is 0 Å². The van der Waals surface area contributed by atoms with Gasteiger partial charge in [0.1, 0.15) is 9.84 Å². The quantitative estimate of drug-likeness (QED) is 0.655. The first-order chi connectivity index (χ1) is 8.58. The molecule has 19 heavy (non-hydrogen) atoms. The Morgan fingerprint density at radius 2 is 1.84 bits per heavy atom. The highest BCUT2D eigenvalue weighted by atomic mass is 32.2. The molecule has 2 unspecified atom stereocenters. The lowest BCUT2D eigenvalue weighted by Crippen LogP contribution is -2.50. The molecule has 0 fully saturated rings. The predicted octanol–water partition coefficient (Wildman–Crippen LogP) is -0.453. The van der Waals surface area contributed by atoms with Crippen LogP contribution in [-0.4, -0.2) is 75.4 Å². The van der Waals surface area contributed by atoms with E-state index in [0.29, 0.717) is 6.54 Å². The normalized spacial score (nSPS) is 15.3. The summed E-state index contributed by atoms with van der Waals surface area (Å²) < 4.78 is 22.2. The van der Waals surface area contributed by atoms with Crippen molar-refractivity contribution < 1.29 is 13.2 Å². The molecule has 1 amide bonds. The number of sulfone groups is 1. The Hall–Kier alpha value is -0.660. The largest absolute Gasteiger partial charge is 0.338 e. The molecule has 0 aliphatic heterocycles. The third-order valence-corrected chi connectivity index (χ3v) is 3.88. The van der Waals surface area contributed by atoms with Crippen LogP contribution in [0.25, 0.3) is 0 Å². The number of nitrogens with zero attached hydrogens (tertiary/aromatic N) is 2. The number of carbonyl (C=O) groups is 1. The van der Waals surface area contributed by atoms with E-state index in [9.17, 15) is 13.2 Å². The lowest BCUT2D eigenvalue weighted by Gasteiger charge is -2.32. The zero-order valence-corrected chi connectivity index (χ0v) is 13.4. The SMILES string of the molecule is CCN(C(=O)C(N)CCS(C)(=O)=O)C(C)CN(C)C. The van der Waals surface area contributed by atoms with Crippen LogP contribution in [0.3, 0.4) is 0 Å². The van der Waals surface area contributed by atoms with Crippen molar-refractivity contribution in [1.82, 2.24) is 9.80 Å². The van der Waals surface area contributed by atoms with E-state index in [2.05, 4.69) is 0 Å². The molecule has 114 valence electrons. The van der Waals surface area contributed by atoms with Gasteiger partial charge in [-0.25, -0.2) is 8.42 Å². The fraction of sp³-hybridized carbons (Fsp3) is 0.917. The van der Waals surface area contributed by atoms with Crippen molar-refractivity contribution >= 4 is 15.7 Å². The monoisotopic (exact) mass is 293 g/mol. The topological polar surface area (TPSA) is 83.7 Å². The highest BCUT2D eigenvalue weighted by Gasteiger charge is 2.24. The first kappa shape index (κ1) is 18.3. The summed E-state index contributed by atoms with van der Waals surface area (Å²) in [6.45, 7) is 5.18. The Morgan fingerprint density at radius 1 is 1.32 bits per heavy atom. The Bertz CT molecular complexity index is 382. The lowest BCUT2D eigenvalue weighted by molar-refractivity contribution is -0.134. The molecule has 0 saturated carbocycles. The molecule has 6 nitrogen and oxygen atoms in total. The molecule has 0 aromatic carbocycles. The summed E-state index contributed by atoms with van der Waals surface area (Å²) in [5.74, 6) is -0.236. The van der Waals surface area contributed by atoms with Crippen LogP contribution >= 0.6 is 0 Å². The van der Waals surface area contributed by atoms with Gasteiger partial charge in [0.15, 0.2) is 0 Å². The fourth-order valence-corrected chi connectivity index (χ4v) is 2.67. The maximum absolute atomic E-state index is 12.2. The van der Waals surface area contributed by atoms with Gasteiger partial charge in [0.2, 0.25) is 5.91 Å². The fourth-order valence-electron chi connectivity index (χ4n) is 1.99. The van der Waals surface area contributed by atoms with Gasteiger partial charge in [-0.1, -0.05) is 0 Å². The third kappa shape index (κ3) is 7.49. The van der Waals surface area contributed by atoms with E-state index in [0.717, 1.165) is 12.8 Å². The van der Waals surface area contributed by atoms with Crippen LogP contribution in [0.1, 0.15) is 20.3 Å². The molecule has 0 rings (SSSR count). The highest BCUT2D eigenvalue weighted by Crippen LogP contribution is 2.05. The number of carbonyl (C=O) groups excluding carboxylic acids is 1. The molecule has 0 heterocycles. The summed E-state index contributed by atoms with van der Waals surface area (Å²) in [7, 11) is 0.802. The van der Waals surface area contributed by atoms with Crippen molar-refractivity contribution in [2.24, 2.45) is 5.73 Å². The molecular formula is C12H27N3O3S. The van der Waals surface area contributed by atoms with Gasteiger partial charge >= 0.3 is 0 Å². The summed E-state index contributed by atoms with van der Waals surface area (Å²) in [4.78, 5) is 15.9. The zero-order chi connectivity index (χ0) is 15.2. The minimum absolute atomic E-state index is 0.0526. The van der Waals surface area contributed by atoms with Crippen molar-refractivity contribution in [3.8, 4) is 0 Å². The average Bonchev–Trinajstić information content (AvgIpc) is 2.24. The van der Waals surface area contributed by atoms with Crippen molar-refractivity contribution in [3.63, 3.8) is 0 Å². The van der Waals surface area contributed by atoms with E-state index < -0.39 is 15.9 Å². The van der Waals surface area contributed by atoms with E-state index in [4.69, 9.17) is 5.73 Å². The predicted molar refractivity (Wildman–Crippen MR) is 77.7 cm³/mol. The van der Waals surface area contributed by atoms with Gasteiger partial charge in [-0.05, 0) is 34.4 Å².